The highest BCUT2D eigenvalue weighted by atomic mass is 15.2. The molecule has 0 N–H and O–H groups in total. The lowest BCUT2D eigenvalue weighted by Crippen LogP contribution is -2.24. The van der Waals surface area contributed by atoms with Gasteiger partial charge in [0.15, 0.2) is 0 Å². The van der Waals surface area contributed by atoms with Gasteiger partial charge in [0, 0.05) is 50.4 Å². The summed E-state index contributed by atoms with van der Waals surface area (Å²) in [7, 11) is 0. The fraction of sp³-hybridized carbons (Fsp3) is 0.217. The van der Waals surface area contributed by atoms with E-state index in [1.54, 1.807) is 0 Å². The molecule has 0 unspecified atom stereocenters. The molecule has 0 aromatic heterocycles. The van der Waals surface area contributed by atoms with Crippen LogP contribution >= 0.6 is 0 Å². The second-order valence-electron chi connectivity index (χ2n) is 20.3. The minimum Gasteiger partial charge on any atom is -0.310 e. The zero-order valence-electron chi connectivity index (χ0n) is 42.3. The summed E-state index contributed by atoms with van der Waals surface area (Å²) in [4.78, 5) is 5.00. The van der Waals surface area contributed by atoms with Gasteiger partial charge in [-0.2, -0.15) is 0 Å². The predicted octanol–water partition coefficient (Wildman–Crippen LogP) is 19.6. The van der Waals surface area contributed by atoms with Gasteiger partial charge in [0.1, 0.15) is 0 Å². The van der Waals surface area contributed by atoms with Gasteiger partial charge in [0.05, 0.1) is 0 Å². The molecule has 0 fully saturated rings. The molecule has 0 radical (unpaired) electrons. The van der Waals surface area contributed by atoms with Gasteiger partial charge in [0.25, 0.3) is 0 Å². The molecule has 0 bridgehead atoms. The summed E-state index contributed by atoms with van der Waals surface area (Å²) < 4.78 is 0. The van der Waals surface area contributed by atoms with Gasteiger partial charge in [0.2, 0.25) is 0 Å². The second-order valence-corrected chi connectivity index (χ2v) is 20.3. The van der Waals surface area contributed by atoms with Crippen LogP contribution in [0.15, 0.2) is 206 Å². The van der Waals surface area contributed by atoms with Crippen molar-refractivity contribution in [3.05, 3.63) is 240 Å². The van der Waals surface area contributed by atoms with Crippen molar-refractivity contribution in [1.82, 2.24) is 0 Å². The Kier molecular flexibility index (Phi) is 11.0. The van der Waals surface area contributed by atoms with Crippen LogP contribution in [-0.4, -0.2) is 0 Å². The van der Waals surface area contributed by atoms with Crippen molar-refractivity contribution in [2.45, 2.75) is 96.3 Å². The largest absolute Gasteiger partial charge is 0.310 e. The van der Waals surface area contributed by atoms with Crippen molar-refractivity contribution < 1.29 is 0 Å². The first-order chi connectivity index (χ1) is 34.9. The Balaban J connectivity index is 1.02. The van der Waals surface area contributed by atoms with Crippen LogP contribution in [0.3, 0.4) is 0 Å². The van der Waals surface area contributed by atoms with E-state index in [2.05, 4.69) is 258 Å². The summed E-state index contributed by atoms with van der Waals surface area (Å²) in [6.45, 7) is 14.2. The molecule has 9 aromatic rings. The molecule has 350 valence electrons. The maximum Gasteiger partial charge on any atom is 0.0465 e. The minimum absolute atomic E-state index is 0.0378. The zero-order chi connectivity index (χ0) is 48.5. The Labute approximate surface area is 422 Å². The number of nitrogens with zero attached hydrogens (tertiary/aromatic N) is 2. The molecule has 3 aliphatic rings. The summed E-state index contributed by atoms with van der Waals surface area (Å²) in [6.07, 6.45) is 6.29. The molecule has 71 heavy (non-hydrogen) atoms. The van der Waals surface area contributed by atoms with E-state index in [4.69, 9.17) is 0 Å². The van der Waals surface area contributed by atoms with Crippen LogP contribution in [0.1, 0.15) is 113 Å². The smallest absolute Gasteiger partial charge is 0.0465 e. The molecule has 12 rings (SSSR count). The summed E-state index contributed by atoms with van der Waals surface area (Å²) in [5, 5.41) is 0. The van der Waals surface area contributed by atoms with Crippen LogP contribution in [0.2, 0.25) is 0 Å². The molecule has 0 aliphatic heterocycles. The van der Waals surface area contributed by atoms with Crippen LogP contribution < -0.4 is 9.80 Å². The molecule has 2 nitrogen and oxygen atoms in total. The molecular formula is C69H64N2. The number of rotatable bonds is 13. The SMILES string of the molecule is CCC1(CC)c2ccccc2-c2ccc(N(c3ccc(-c4ccccc4)cc3)c3ccc(N(c4ccc5c(c4)C(CC)(CC)c4ccccc4-5)c4ccc5c(c4)C(CC)(CC)c4ccccc4-5)cc3)cc21. The number of hydrogen-bond donors (Lipinski definition) is 0. The van der Waals surface area contributed by atoms with Gasteiger partial charge >= 0.3 is 0 Å². The number of benzene rings is 9. The molecular weight excluding hydrogens is 857 g/mol. The second kappa shape index (κ2) is 17.5. The van der Waals surface area contributed by atoms with E-state index < -0.39 is 0 Å². The van der Waals surface area contributed by atoms with Gasteiger partial charge in [-0.3, -0.25) is 0 Å². The van der Waals surface area contributed by atoms with Gasteiger partial charge in [-0.1, -0.05) is 175 Å². The summed E-state index contributed by atoms with van der Waals surface area (Å²) in [5.74, 6) is 0. The van der Waals surface area contributed by atoms with Crippen LogP contribution in [0, 0.1) is 0 Å². The van der Waals surface area contributed by atoms with E-state index in [9.17, 15) is 0 Å². The maximum absolute atomic E-state index is 2.53. The van der Waals surface area contributed by atoms with E-state index in [1.165, 1.54) is 95.0 Å². The van der Waals surface area contributed by atoms with Crippen molar-refractivity contribution >= 4 is 34.1 Å². The maximum atomic E-state index is 2.53. The summed E-state index contributed by atoms with van der Waals surface area (Å²) in [6, 6.07) is 78.5. The van der Waals surface area contributed by atoms with E-state index in [0.717, 1.165) is 55.6 Å². The fourth-order valence-corrected chi connectivity index (χ4v) is 13.9. The third-order valence-corrected chi connectivity index (χ3v) is 17.7. The number of fused-ring (bicyclic) bond motifs is 9. The quantitative estimate of drug-likeness (QED) is 0.114. The van der Waals surface area contributed by atoms with Crippen molar-refractivity contribution in [2.24, 2.45) is 0 Å². The van der Waals surface area contributed by atoms with Crippen LogP contribution in [0.4, 0.5) is 34.1 Å². The third kappa shape index (κ3) is 6.60. The zero-order valence-corrected chi connectivity index (χ0v) is 42.3. The first kappa shape index (κ1) is 44.8. The topological polar surface area (TPSA) is 6.48 Å². The first-order valence-electron chi connectivity index (χ1n) is 26.5. The first-order valence-corrected chi connectivity index (χ1v) is 26.5. The van der Waals surface area contributed by atoms with E-state index >= 15 is 0 Å². The Hall–Kier alpha value is -7.42. The van der Waals surface area contributed by atoms with Gasteiger partial charge < -0.3 is 9.80 Å². The van der Waals surface area contributed by atoms with Crippen molar-refractivity contribution in [2.75, 3.05) is 9.80 Å². The average molecular weight is 921 g/mol. The monoisotopic (exact) mass is 921 g/mol. The van der Waals surface area contributed by atoms with Gasteiger partial charge in [-0.15, -0.1) is 0 Å². The molecule has 3 aliphatic carbocycles. The van der Waals surface area contributed by atoms with Crippen molar-refractivity contribution in [3.63, 3.8) is 0 Å². The van der Waals surface area contributed by atoms with E-state index in [0.29, 0.717) is 0 Å². The third-order valence-electron chi connectivity index (χ3n) is 17.7. The lowest BCUT2D eigenvalue weighted by Gasteiger charge is -2.33. The predicted molar refractivity (Wildman–Crippen MR) is 302 cm³/mol. The Morgan fingerprint density at radius 3 is 0.831 bits per heavy atom. The van der Waals surface area contributed by atoms with Crippen LogP contribution in [0.25, 0.3) is 44.5 Å². The molecule has 0 saturated carbocycles. The molecule has 0 heterocycles. The molecule has 0 amide bonds. The van der Waals surface area contributed by atoms with Gasteiger partial charge in [-0.25, -0.2) is 0 Å². The number of anilines is 6. The standard InChI is InChI=1S/C69H64N2/c1-7-67(8-2)61-27-19-16-24-55(61)58-41-38-52(44-64(58)67)70(49-32-30-48(31-33-49)47-22-14-13-15-23-47)50-34-36-51(37-35-50)71(53-39-42-59-56-25-17-20-28-62(56)68(9-3,10-4)65(59)45-53)54-40-43-60-57-26-18-21-29-63(57)69(11-5,12-6)66(60)46-54/h13-46H,7-12H2,1-6H3. The van der Waals surface area contributed by atoms with Gasteiger partial charge in [-0.05, 0) is 189 Å². The van der Waals surface area contributed by atoms with E-state index in [-0.39, 0.29) is 16.2 Å². The summed E-state index contributed by atoms with van der Waals surface area (Å²) in [5.41, 5.74) is 26.1. The lowest BCUT2D eigenvalue weighted by atomic mass is 9.73. The van der Waals surface area contributed by atoms with Crippen LogP contribution in [0.5, 0.6) is 0 Å². The summed E-state index contributed by atoms with van der Waals surface area (Å²) >= 11 is 0. The molecule has 0 atom stereocenters. The molecule has 0 spiro atoms. The minimum atomic E-state index is -0.0441. The normalized spacial score (nSPS) is 14.7. The highest BCUT2D eigenvalue weighted by Gasteiger charge is 2.43. The van der Waals surface area contributed by atoms with E-state index in [1.807, 2.05) is 0 Å². The molecule has 0 saturated heterocycles. The Morgan fingerprint density at radius 1 is 0.239 bits per heavy atom. The average Bonchev–Trinajstić information content (AvgIpc) is 4.00. The number of hydrogen-bond acceptors (Lipinski definition) is 2. The lowest BCUT2D eigenvalue weighted by molar-refractivity contribution is 0.490. The Bertz CT molecular complexity index is 3330. The van der Waals surface area contributed by atoms with Crippen molar-refractivity contribution in [1.29, 1.82) is 0 Å². The highest BCUT2D eigenvalue weighted by molar-refractivity contribution is 5.91. The molecule has 2 heteroatoms. The Morgan fingerprint density at radius 2 is 0.493 bits per heavy atom. The highest BCUT2D eigenvalue weighted by Crippen LogP contribution is 2.58. The van der Waals surface area contributed by atoms with Crippen LogP contribution in [-0.2, 0) is 16.2 Å². The molecule has 9 aromatic carbocycles. The van der Waals surface area contributed by atoms with Crippen molar-refractivity contribution in [3.8, 4) is 44.5 Å². The fourth-order valence-electron chi connectivity index (χ4n) is 13.9.